The topological polar surface area (TPSA) is 85.2 Å². The molecule has 0 aromatic rings. The number of hydrogen-bond acceptors (Lipinski definition) is 6. The Hall–Kier alpha value is -0.235. The van der Waals surface area contributed by atoms with Gasteiger partial charge in [-0.1, -0.05) is 0 Å². The normalized spacial score (nSPS) is 35.5. The average Bonchev–Trinajstić information content (AvgIpc) is 2.54. The first-order valence-corrected chi connectivity index (χ1v) is 8.06. The molecule has 1 rings (SSSR count). The van der Waals surface area contributed by atoms with Gasteiger partial charge in [0.15, 0.2) is 0 Å². The van der Waals surface area contributed by atoms with Crippen LogP contribution in [0.2, 0.25) is 0 Å². The maximum absolute atomic E-state index is 14.1. The van der Waals surface area contributed by atoms with Crippen molar-refractivity contribution in [1.29, 1.82) is 0 Å². The predicted molar refractivity (Wildman–Crippen MR) is 73.9 cm³/mol. The molecule has 1 aliphatic rings. The quantitative estimate of drug-likeness (QED) is 0.550. The molecule has 0 aliphatic carbocycles. The Balaban J connectivity index is 2.96. The van der Waals surface area contributed by atoms with Crippen molar-refractivity contribution in [2.75, 3.05) is 13.2 Å². The van der Waals surface area contributed by atoms with Gasteiger partial charge in [-0.05, 0) is 26.8 Å². The number of halogens is 1. The zero-order valence-corrected chi connectivity index (χ0v) is 13.0. The standard InChI is InChI=1S/C11H21BFO6P/c1-4-17-20(16,18-5-2)8(13)6-7-9(14)11(3,15)10(12)19-7/h6-7,9-10,14-15H,4-5,12H2,1-3H3/t7-,9?,10-,11?/m1/s1. The first-order chi connectivity index (χ1) is 9.19. The largest absolute Gasteiger partial charge is 0.389 e. The minimum atomic E-state index is -4.03. The van der Waals surface area contributed by atoms with Gasteiger partial charge in [-0.15, -0.1) is 0 Å². The van der Waals surface area contributed by atoms with Crippen molar-refractivity contribution < 1.29 is 33.0 Å². The SMILES string of the molecule is B[C@@H]1O[C@H](C=C(F)P(=O)(OCC)OCC)C(O)C1(C)O. The van der Waals surface area contributed by atoms with Crippen LogP contribution in [0.5, 0.6) is 0 Å². The third-order valence-electron chi connectivity index (χ3n) is 3.26. The van der Waals surface area contributed by atoms with Crippen molar-refractivity contribution in [1.82, 2.24) is 0 Å². The molecule has 20 heavy (non-hydrogen) atoms. The molecule has 0 bridgehead atoms. The highest BCUT2D eigenvalue weighted by Crippen LogP contribution is 2.57. The Labute approximate surface area is 118 Å². The van der Waals surface area contributed by atoms with Gasteiger partial charge in [0.2, 0.25) is 5.57 Å². The van der Waals surface area contributed by atoms with Crippen molar-refractivity contribution in [2.45, 2.75) is 44.6 Å². The van der Waals surface area contributed by atoms with E-state index in [-0.39, 0.29) is 13.2 Å². The second kappa shape index (κ2) is 6.68. The number of aliphatic hydroxyl groups is 2. The number of hydrogen-bond donors (Lipinski definition) is 2. The fourth-order valence-corrected chi connectivity index (χ4v) is 3.21. The summed E-state index contributed by atoms with van der Waals surface area (Å²) in [5, 5.41) is 19.9. The van der Waals surface area contributed by atoms with Crippen molar-refractivity contribution in [3.05, 3.63) is 11.6 Å². The second-order valence-electron chi connectivity index (χ2n) is 4.74. The van der Waals surface area contributed by atoms with Crippen LogP contribution < -0.4 is 0 Å². The molecule has 0 aromatic heterocycles. The van der Waals surface area contributed by atoms with Crippen LogP contribution >= 0.6 is 7.60 Å². The number of rotatable bonds is 6. The molecule has 9 heteroatoms. The van der Waals surface area contributed by atoms with E-state index in [1.54, 1.807) is 21.7 Å². The highest BCUT2D eigenvalue weighted by molar-refractivity contribution is 7.58. The zero-order chi connectivity index (χ0) is 15.6. The molecular formula is C11H21BFO6P. The van der Waals surface area contributed by atoms with Crippen LogP contribution in [0.4, 0.5) is 4.39 Å². The van der Waals surface area contributed by atoms with Crippen molar-refractivity contribution >= 4 is 15.4 Å². The van der Waals surface area contributed by atoms with Crippen molar-refractivity contribution in [2.24, 2.45) is 0 Å². The summed E-state index contributed by atoms with van der Waals surface area (Å²) in [5.41, 5.74) is -2.64. The van der Waals surface area contributed by atoms with E-state index in [1.165, 1.54) is 6.92 Å². The van der Waals surface area contributed by atoms with Crippen molar-refractivity contribution in [3.63, 3.8) is 0 Å². The average molecular weight is 310 g/mol. The first kappa shape index (κ1) is 17.8. The van der Waals surface area contributed by atoms with Crippen LogP contribution in [0, 0.1) is 0 Å². The van der Waals surface area contributed by atoms with E-state index in [1.807, 2.05) is 0 Å². The molecule has 6 nitrogen and oxygen atoms in total. The molecule has 116 valence electrons. The van der Waals surface area contributed by atoms with Crippen LogP contribution in [0.25, 0.3) is 0 Å². The van der Waals surface area contributed by atoms with Gasteiger partial charge in [0.25, 0.3) is 0 Å². The molecule has 0 saturated carbocycles. The smallest absolute Gasteiger partial charge is 0.387 e. The highest BCUT2D eigenvalue weighted by atomic mass is 31.2. The Morgan fingerprint density at radius 2 is 2.00 bits per heavy atom. The number of aliphatic hydroxyl groups excluding tert-OH is 1. The molecule has 4 atom stereocenters. The molecule has 2 unspecified atom stereocenters. The van der Waals surface area contributed by atoms with E-state index in [2.05, 4.69) is 0 Å². The third kappa shape index (κ3) is 3.50. The molecular weight excluding hydrogens is 289 g/mol. The summed E-state index contributed by atoms with van der Waals surface area (Å²) in [6, 6.07) is -0.690. The van der Waals surface area contributed by atoms with Gasteiger partial charge in [-0.25, -0.2) is 0 Å². The van der Waals surface area contributed by atoms with Gasteiger partial charge >= 0.3 is 7.60 Å². The third-order valence-corrected chi connectivity index (χ3v) is 5.12. The summed E-state index contributed by atoms with van der Waals surface area (Å²) in [7, 11) is -2.47. The molecule has 1 fully saturated rings. The Kier molecular flexibility index (Phi) is 5.95. The van der Waals surface area contributed by atoms with Crippen LogP contribution in [0.3, 0.4) is 0 Å². The van der Waals surface area contributed by atoms with Crippen LogP contribution in [-0.2, 0) is 18.3 Å². The van der Waals surface area contributed by atoms with Gasteiger partial charge in [-0.3, -0.25) is 4.57 Å². The van der Waals surface area contributed by atoms with E-state index in [0.717, 1.165) is 6.08 Å². The van der Waals surface area contributed by atoms with Gasteiger partial charge in [0.05, 0.1) is 19.2 Å². The van der Waals surface area contributed by atoms with Crippen LogP contribution in [0.15, 0.2) is 11.6 Å². The lowest BCUT2D eigenvalue weighted by Crippen LogP contribution is -2.45. The summed E-state index contributed by atoms with van der Waals surface area (Å²) in [6.07, 6.45) is -1.61. The summed E-state index contributed by atoms with van der Waals surface area (Å²) >= 11 is 0. The first-order valence-electron chi connectivity index (χ1n) is 6.52. The van der Waals surface area contributed by atoms with E-state index in [0.29, 0.717) is 0 Å². The van der Waals surface area contributed by atoms with Gasteiger partial charge in [0, 0.05) is 0 Å². The second-order valence-corrected chi connectivity index (χ2v) is 6.67. The molecule has 2 N–H and O–H groups in total. The summed E-state index contributed by atoms with van der Waals surface area (Å²) in [5.74, 6) is 0. The summed E-state index contributed by atoms with van der Waals surface area (Å²) in [4.78, 5) is 0. The van der Waals surface area contributed by atoms with Crippen molar-refractivity contribution in [3.8, 4) is 0 Å². The predicted octanol–water partition coefficient (Wildman–Crippen LogP) is 0.533. The van der Waals surface area contributed by atoms with Crippen LogP contribution in [-0.4, -0.2) is 55.1 Å². The minimum Gasteiger partial charge on any atom is -0.387 e. The van der Waals surface area contributed by atoms with E-state index < -0.39 is 37.0 Å². The Morgan fingerprint density at radius 3 is 2.35 bits per heavy atom. The van der Waals surface area contributed by atoms with E-state index in [9.17, 15) is 19.2 Å². The summed E-state index contributed by atoms with van der Waals surface area (Å²) in [6.45, 7) is 4.54. The minimum absolute atomic E-state index is 0.0146. The monoisotopic (exact) mass is 310 g/mol. The zero-order valence-electron chi connectivity index (χ0n) is 12.1. The maximum atomic E-state index is 14.1. The fraction of sp³-hybridized carbons (Fsp3) is 0.818. The van der Waals surface area contributed by atoms with Gasteiger partial charge in [-0.2, -0.15) is 4.39 Å². The lowest BCUT2D eigenvalue weighted by Gasteiger charge is -2.24. The molecule has 1 heterocycles. The molecule has 1 aliphatic heterocycles. The molecule has 1 saturated heterocycles. The number of ether oxygens (including phenoxy) is 1. The fourth-order valence-electron chi connectivity index (χ4n) is 1.88. The molecule has 0 spiro atoms. The van der Waals surface area contributed by atoms with Gasteiger partial charge < -0.3 is 24.0 Å². The Morgan fingerprint density at radius 1 is 1.50 bits per heavy atom. The molecule has 0 radical (unpaired) electrons. The molecule has 0 amide bonds. The van der Waals surface area contributed by atoms with E-state index >= 15 is 0 Å². The lowest BCUT2D eigenvalue weighted by molar-refractivity contribution is -0.0403. The Bertz CT molecular complexity index is 406. The van der Waals surface area contributed by atoms with Gasteiger partial charge in [0.1, 0.15) is 25.7 Å². The maximum Gasteiger partial charge on any atom is 0.389 e. The highest BCUT2D eigenvalue weighted by Gasteiger charge is 2.49. The molecule has 0 aromatic carbocycles. The van der Waals surface area contributed by atoms with Crippen LogP contribution in [0.1, 0.15) is 20.8 Å². The van der Waals surface area contributed by atoms with E-state index in [4.69, 9.17) is 13.8 Å². The summed E-state index contributed by atoms with van der Waals surface area (Å²) < 4.78 is 41.2. The lowest BCUT2D eigenvalue weighted by atomic mass is 9.82.